The number of thiocarbonyl (C=S) groups is 1. The molecule has 5 rings (SSSR count). The fraction of sp³-hybridized carbons (Fsp3) is 0.148. The smallest absolute Gasteiger partial charge is 0.367 e. The van der Waals surface area contributed by atoms with Gasteiger partial charge in [0.05, 0.1) is 11.3 Å². The van der Waals surface area contributed by atoms with E-state index in [4.69, 9.17) is 23.8 Å². The number of nitrogens with one attached hydrogen (secondary N) is 1. The summed E-state index contributed by atoms with van der Waals surface area (Å²) in [5, 5.41) is 2.82. The van der Waals surface area contributed by atoms with Gasteiger partial charge in [0.15, 0.2) is 5.11 Å². The van der Waals surface area contributed by atoms with Crippen molar-refractivity contribution in [3.8, 4) is 0 Å². The number of nitrogens with zero attached hydrogens (tertiary/aromatic N) is 2. The Hall–Kier alpha value is -3.69. The Balaban J connectivity index is 1.42. The second-order valence-electron chi connectivity index (χ2n) is 8.66. The minimum absolute atomic E-state index is 0.0834. The number of anilines is 2. The van der Waals surface area contributed by atoms with Crippen molar-refractivity contribution in [1.82, 2.24) is 5.32 Å². The highest BCUT2D eigenvalue weighted by atomic mass is 35.5. The lowest BCUT2D eigenvalue weighted by molar-refractivity contribution is -0.137. The SMILES string of the molecule is O=C1NC(=S)N(c2cccc(C(F)(F)F)c2)C(=O)/C1=C\c1ccc2c(c1)CCN2Cc1ccccc1Cl. The van der Waals surface area contributed by atoms with E-state index in [1.54, 1.807) is 6.07 Å². The van der Waals surface area contributed by atoms with E-state index in [1.807, 2.05) is 36.4 Å². The highest BCUT2D eigenvalue weighted by Crippen LogP contribution is 2.34. The lowest BCUT2D eigenvalue weighted by Crippen LogP contribution is -2.54. The molecule has 3 aromatic rings. The molecule has 10 heteroatoms. The number of fused-ring (bicyclic) bond motifs is 1. The van der Waals surface area contributed by atoms with Crippen LogP contribution in [0.4, 0.5) is 24.5 Å². The summed E-state index contributed by atoms with van der Waals surface area (Å²) in [6.45, 7) is 1.44. The molecule has 1 saturated heterocycles. The van der Waals surface area contributed by atoms with E-state index in [2.05, 4.69) is 10.2 Å². The van der Waals surface area contributed by atoms with Crippen LogP contribution in [0.3, 0.4) is 0 Å². The summed E-state index contributed by atoms with van der Waals surface area (Å²) in [7, 11) is 0. The van der Waals surface area contributed by atoms with Gasteiger partial charge in [-0.05, 0) is 77.8 Å². The molecule has 0 radical (unpaired) electrons. The zero-order chi connectivity index (χ0) is 26.3. The van der Waals surface area contributed by atoms with Crippen LogP contribution in [0.15, 0.2) is 72.3 Å². The van der Waals surface area contributed by atoms with Gasteiger partial charge >= 0.3 is 6.18 Å². The molecule has 0 spiro atoms. The molecule has 2 heterocycles. The van der Waals surface area contributed by atoms with E-state index >= 15 is 0 Å². The van der Waals surface area contributed by atoms with Crippen molar-refractivity contribution < 1.29 is 22.8 Å². The zero-order valence-electron chi connectivity index (χ0n) is 19.2. The van der Waals surface area contributed by atoms with Crippen molar-refractivity contribution in [2.75, 3.05) is 16.3 Å². The molecule has 0 atom stereocenters. The van der Waals surface area contributed by atoms with Gasteiger partial charge in [0, 0.05) is 23.8 Å². The lowest BCUT2D eigenvalue weighted by atomic mass is 10.0. The van der Waals surface area contributed by atoms with Crippen LogP contribution in [0.5, 0.6) is 0 Å². The molecule has 1 N–H and O–H groups in total. The van der Waals surface area contributed by atoms with Crippen molar-refractivity contribution in [2.24, 2.45) is 0 Å². The number of hydrogen-bond donors (Lipinski definition) is 1. The molecule has 0 aliphatic carbocycles. The summed E-state index contributed by atoms with van der Waals surface area (Å²) >= 11 is 11.4. The number of carbonyl (C=O) groups excluding carboxylic acids is 2. The number of amides is 2. The molecule has 0 saturated carbocycles. The van der Waals surface area contributed by atoms with Crippen LogP contribution in [0, 0.1) is 0 Å². The Bertz CT molecular complexity index is 1470. The van der Waals surface area contributed by atoms with Gasteiger partial charge < -0.3 is 4.90 Å². The first kappa shape index (κ1) is 25.0. The second kappa shape index (κ2) is 9.64. The third-order valence-corrected chi connectivity index (χ3v) is 6.91. The minimum atomic E-state index is -4.59. The van der Waals surface area contributed by atoms with Crippen LogP contribution in [0.2, 0.25) is 5.02 Å². The predicted octanol–water partition coefficient (Wildman–Crippen LogP) is 5.75. The summed E-state index contributed by atoms with van der Waals surface area (Å²) < 4.78 is 39.6. The summed E-state index contributed by atoms with van der Waals surface area (Å²) in [6, 6.07) is 17.5. The second-order valence-corrected chi connectivity index (χ2v) is 9.45. The summed E-state index contributed by atoms with van der Waals surface area (Å²) in [5.41, 5.74) is 2.48. The normalized spacial score (nSPS) is 16.9. The molecule has 3 aromatic carbocycles. The lowest BCUT2D eigenvalue weighted by Gasteiger charge is -2.29. The van der Waals surface area contributed by atoms with E-state index in [9.17, 15) is 22.8 Å². The average Bonchev–Trinajstić information content (AvgIpc) is 3.24. The molecule has 0 bridgehead atoms. The monoisotopic (exact) mass is 541 g/mol. The molecule has 2 aliphatic rings. The summed E-state index contributed by atoms with van der Waals surface area (Å²) in [6.07, 6.45) is -2.39. The van der Waals surface area contributed by atoms with Gasteiger partial charge in [0.25, 0.3) is 11.8 Å². The van der Waals surface area contributed by atoms with Gasteiger partial charge in [-0.15, -0.1) is 0 Å². The fourth-order valence-corrected chi connectivity index (χ4v) is 4.93. The average molecular weight is 542 g/mol. The first-order chi connectivity index (χ1) is 17.6. The van der Waals surface area contributed by atoms with Crippen molar-refractivity contribution >= 4 is 58.2 Å². The Morgan fingerprint density at radius 3 is 2.57 bits per heavy atom. The minimum Gasteiger partial charge on any atom is -0.367 e. The van der Waals surface area contributed by atoms with E-state index < -0.39 is 23.6 Å². The maximum Gasteiger partial charge on any atom is 0.416 e. The van der Waals surface area contributed by atoms with Gasteiger partial charge in [-0.1, -0.05) is 41.9 Å². The molecule has 5 nitrogen and oxygen atoms in total. The Morgan fingerprint density at radius 2 is 1.81 bits per heavy atom. The summed E-state index contributed by atoms with van der Waals surface area (Å²) in [4.78, 5) is 29.0. The number of hydrogen-bond acceptors (Lipinski definition) is 4. The number of alkyl halides is 3. The van der Waals surface area contributed by atoms with Gasteiger partial charge in [0.2, 0.25) is 0 Å². The van der Waals surface area contributed by atoms with Crippen LogP contribution in [0.25, 0.3) is 6.08 Å². The van der Waals surface area contributed by atoms with E-state index in [1.165, 1.54) is 18.2 Å². The van der Waals surface area contributed by atoms with Crippen molar-refractivity contribution in [3.63, 3.8) is 0 Å². The molecule has 0 aromatic heterocycles. The number of rotatable bonds is 4. The highest BCUT2D eigenvalue weighted by Gasteiger charge is 2.36. The molecule has 1 fully saturated rings. The molecular formula is C27H19ClF3N3O2S. The first-order valence-electron chi connectivity index (χ1n) is 11.3. The maximum atomic E-state index is 13.2. The molecule has 188 valence electrons. The van der Waals surface area contributed by atoms with Gasteiger partial charge in [0.1, 0.15) is 5.57 Å². The number of carbonyl (C=O) groups is 2. The van der Waals surface area contributed by atoms with E-state index in [-0.39, 0.29) is 16.4 Å². The van der Waals surface area contributed by atoms with Gasteiger partial charge in [-0.2, -0.15) is 13.2 Å². The van der Waals surface area contributed by atoms with Crippen LogP contribution in [0.1, 0.15) is 22.3 Å². The van der Waals surface area contributed by atoms with Crippen LogP contribution < -0.4 is 15.1 Å². The van der Waals surface area contributed by atoms with Crippen LogP contribution >= 0.6 is 23.8 Å². The number of benzene rings is 3. The molecular weight excluding hydrogens is 523 g/mol. The third kappa shape index (κ3) is 4.97. The standard InChI is InChI=1S/C27H19ClF3N3O2S/c28-22-7-2-1-4-18(22)15-33-11-10-17-12-16(8-9-23(17)33)13-21-24(35)32-26(37)34(25(21)36)20-6-3-5-19(14-20)27(29,30)31/h1-9,12-14H,10-11,15H2,(H,32,35,37)/b21-13-. The first-order valence-corrected chi connectivity index (χ1v) is 12.1. The van der Waals surface area contributed by atoms with Gasteiger partial charge in [-0.3, -0.25) is 19.8 Å². The zero-order valence-corrected chi connectivity index (χ0v) is 20.8. The largest absolute Gasteiger partial charge is 0.416 e. The Labute approximate surface area is 221 Å². The quantitative estimate of drug-likeness (QED) is 0.259. The van der Waals surface area contributed by atoms with Crippen molar-refractivity contribution in [3.05, 3.63) is 99.6 Å². The highest BCUT2D eigenvalue weighted by molar-refractivity contribution is 7.80. The predicted molar refractivity (Wildman–Crippen MR) is 140 cm³/mol. The molecule has 2 aliphatic heterocycles. The fourth-order valence-electron chi connectivity index (χ4n) is 4.46. The Morgan fingerprint density at radius 1 is 1.03 bits per heavy atom. The van der Waals surface area contributed by atoms with E-state index in [0.29, 0.717) is 17.1 Å². The van der Waals surface area contributed by atoms with Crippen LogP contribution in [-0.2, 0) is 28.7 Å². The topological polar surface area (TPSA) is 52.7 Å². The molecule has 37 heavy (non-hydrogen) atoms. The van der Waals surface area contributed by atoms with Crippen molar-refractivity contribution in [2.45, 2.75) is 19.1 Å². The van der Waals surface area contributed by atoms with E-state index in [0.717, 1.165) is 46.8 Å². The summed E-state index contributed by atoms with van der Waals surface area (Å²) in [5.74, 6) is -1.51. The third-order valence-electron chi connectivity index (χ3n) is 6.26. The van der Waals surface area contributed by atoms with Gasteiger partial charge in [-0.25, -0.2) is 0 Å². The molecule has 0 unspecified atom stereocenters. The molecule has 2 amide bonds. The van der Waals surface area contributed by atoms with Crippen molar-refractivity contribution in [1.29, 1.82) is 0 Å². The van der Waals surface area contributed by atoms with Crippen LogP contribution in [-0.4, -0.2) is 23.5 Å². The Kier molecular flexibility index (Phi) is 6.51. The maximum absolute atomic E-state index is 13.2. The number of halogens is 4.